The standard InChI is InChI=1S/C16H15ClF2O2/c1-9-7-10(12(19)8-11(9)18)16(17)15-13(20-2)5-4-6-14(15)21-3/h4-8,16H,1-3H3. The van der Waals surface area contributed by atoms with Crippen LogP contribution in [0.2, 0.25) is 0 Å². The summed E-state index contributed by atoms with van der Waals surface area (Å²) >= 11 is 6.41. The van der Waals surface area contributed by atoms with E-state index in [1.165, 1.54) is 20.3 Å². The number of halogens is 3. The van der Waals surface area contributed by atoms with Crippen LogP contribution in [0.3, 0.4) is 0 Å². The summed E-state index contributed by atoms with van der Waals surface area (Å²) in [6.45, 7) is 1.56. The van der Waals surface area contributed by atoms with Gasteiger partial charge in [-0.25, -0.2) is 8.78 Å². The van der Waals surface area contributed by atoms with Crippen LogP contribution in [0.1, 0.15) is 22.1 Å². The smallest absolute Gasteiger partial charge is 0.131 e. The van der Waals surface area contributed by atoms with Gasteiger partial charge >= 0.3 is 0 Å². The zero-order chi connectivity index (χ0) is 15.6. The predicted molar refractivity (Wildman–Crippen MR) is 78.3 cm³/mol. The van der Waals surface area contributed by atoms with Crippen LogP contribution in [-0.4, -0.2) is 14.2 Å². The number of aryl methyl sites for hydroxylation is 1. The van der Waals surface area contributed by atoms with Gasteiger partial charge in [-0.05, 0) is 30.7 Å². The minimum absolute atomic E-state index is 0.179. The summed E-state index contributed by atoms with van der Waals surface area (Å²) in [6, 6.07) is 7.40. The highest BCUT2D eigenvalue weighted by Crippen LogP contribution is 2.42. The van der Waals surface area contributed by atoms with E-state index in [0.717, 1.165) is 6.07 Å². The van der Waals surface area contributed by atoms with Crippen LogP contribution in [0.25, 0.3) is 0 Å². The summed E-state index contributed by atoms with van der Waals surface area (Å²) in [5, 5.41) is -0.851. The minimum Gasteiger partial charge on any atom is -0.496 e. The Morgan fingerprint density at radius 1 is 1.00 bits per heavy atom. The summed E-state index contributed by atoms with van der Waals surface area (Å²) in [5.74, 6) is -0.343. The molecule has 2 nitrogen and oxygen atoms in total. The normalized spacial score (nSPS) is 12.1. The van der Waals surface area contributed by atoms with Gasteiger partial charge < -0.3 is 9.47 Å². The van der Waals surface area contributed by atoms with Crippen LogP contribution in [0, 0.1) is 18.6 Å². The quantitative estimate of drug-likeness (QED) is 0.767. The molecule has 2 aromatic carbocycles. The molecule has 0 saturated heterocycles. The first-order valence-corrected chi connectivity index (χ1v) is 6.73. The van der Waals surface area contributed by atoms with Crippen molar-refractivity contribution in [2.24, 2.45) is 0 Å². The van der Waals surface area contributed by atoms with Crippen LogP contribution in [-0.2, 0) is 0 Å². The highest BCUT2D eigenvalue weighted by atomic mass is 35.5. The number of methoxy groups -OCH3 is 2. The molecule has 21 heavy (non-hydrogen) atoms. The summed E-state index contributed by atoms with van der Waals surface area (Å²) in [5.41, 5.74) is 1.01. The van der Waals surface area contributed by atoms with Gasteiger partial charge in [-0.1, -0.05) is 6.07 Å². The molecule has 2 rings (SSSR count). The van der Waals surface area contributed by atoms with Gasteiger partial charge in [0.1, 0.15) is 23.1 Å². The van der Waals surface area contributed by atoms with E-state index in [0.29, 0.717) is 22.6 Å². The van der Waals surface area contributed by atoms with Gasteiger partial charge in [0.25, 0.3) is 0 Å². The summed E-state index contributed by atoms with van der Waals surface area (Å²) in [4.78, 5) is 0. The first kappa shape index (κ1) is 15.6. The second kappa shape index (κ2) is 6.31. The predicted octanol–water partition coefficient (Wildman–Crippen LogP) is 4.62. The fourth-order valence-electron chi connectivity index (χ4n) is 2.16. The SMILES string of the molecule is COc1cccc(OC)c1C(Cl)c1cc(C)c(F)cc1F. The zero-order valence-electron chi connectivity index (χ0n) is 11.9. The third kappa shape index (κ3) is 2.95. The lowest BCUT2D eigenvalue weighted by Gasteiger charge is -2.18. The van der Waals surface area contributed by atoms with Crippen molar-refractivity contribution in [3.8, 4) is 11.5 Å². The van der Waals surface area contributed by atoms with Crippen molar-refractivity contribution < 1.29 is 18.3 Å². The van der Waals surface area contributed by atoms with Crippen molar-refractivity contribution in [3.05, 3.63) is 58.7 Å². The van der Waals surface area contributed by atoms with E-state index < -0.39 is 17.0 Å². The van der Waals surface area contributed by atoms with Crippen LogP contribution in [0.5, 0.6) is 11.5 Å². The van der Waals surface area contributed by atoms with E-state index in [4.69, 9.17) is 21.1 Å². The Bertz CT molecular complexity index is 637. The third-order valence-corrected chi connectivity index (χ3v) is 3.72. The number of ether oxygens (including phenoxy) is 2. The van der Waals surface area contributed by atoms with E-state index >= 15 is 0 Å². The Morgan fingerprint density at radius 2 is 1.57 bits per heavy atom. The molecule has 0 saturated carbocycles. The van der Waals surface area contributed by atoms with E-state index in [2.05, 4.69) is 0 Å². The van der Waals surface area contributed by atoms with E-state index in [9.17, 15) is 8.78 Å². The molecule has 1 atom stereocenters. The Morgan fingerprint density at radius 3 is 2.10 bits per heavy atom. The van der Waals surface area contributed by atoms with E-state index in [-0.39, 0.29) is 5.56 Å². The Balaban J connectivity index is 2.59. The lowest BCUT2D eigenvalue weighted by molar-refractivity contribution is 0.386. The highest BCUT2D eigenvalue weighted by molar-refractivity contribution is 6.23. The molecule has 0 radical (unpaired) electrons. The average molecular weight is 313 g/mol. The maximum atomic E-state index is 14.0. The number of hydrogen-bond donors (Lipinski definition) is 0. The largest absolute Gasteiger partial charge is 0.496 e. The fourth-order valence-corrected chi connectivity index (χ4v) is 2.54. The molecule has 0 spiro atoms. The van der Waals surface area contributed by atoms with Crippen LogP contribution in [0.15, 0.2) is 30.3 Å². The van der Waals surface area contributed by atoms with Crippen LogP contribution >= 0.6 is 11.6 Å². The molecule has 0 bridgehead atoms. The molecule has 0 heterocycles. The Labute approximate surface area is 127 Å². The second-order valence-electron chi connectivity index (χ2n) is 4.56. The van der Waals surface area contributed by atoms with E-state index in [1.54, 1.807) is 25.1 Å². The average Bonchev–Trinajstić information content (AvgIpc) is 2.49. The van der Waals surface area contributed by atoms with Crippen molar-refractivity contribution >= 4 is 11.6 Å². The summed E-state index contributed by atoms with van der Waals surface area (Å²) in [7, 11) is 2.99. The number of benzene rings is 2. The van der Waals surface area contributed by atoms with Crippen molar-refractivity contribution in [1.29, 1.82) is 0 Å². The number of alkyl halides is 1. The number of rotatable bonds is 4. The van der Waals surface area contributed by atoms with E-state index in [1.807, 2.05) is 0 Å². The highest BCUT2D eigenvalue weighted by Gasteiger charge is 2.24. The molecular formula is C16H15ClF2O2. The molecule has 0 aliphatic rings. The zero-order valence-corrected chi connectivity index (χ0v) is 12.7. The molecule has 5 heteroatoms. The van der Waals surface area contributed by atoms with Gasteiger partial charge in [-0.15, -0.1) is 11.6 Å². The fraction of sp³-hybridized carbons (Fsp3) is 0.250. The monoisotopic (exact) mass is 312 g/mol. The summed E-state index contributed by atoms with van der Waals surface area (Å²) in [6.07, 6.45) is 0. The maximum absolute atomic E-state index is 14.0. The molecule has 0 aromatic heterocycles. The Hall–Kier alpha value is -1.81. The van der Waals surface area contributed by atoms with Crippen molar-refractivity contribution in [1.82, 2.24) is 0 Å². The molecule has 0 aliphatic carbocycles. The molecule has 2 aromatic rings. The molecule has 0 fully saturated rings. The summed E-state index contributed by atoms with van der Waals surface area (Å²) < 4.78 is 37.9. The molecule has 0 amide bonds. The third-order valence-electron chi connectivity index (χ3n) is 3.27. The molecular weight excluding hydrogens is 298 g/mol. The van der Waals surface area contributed by atoms with Crippen LogP contribution in [0.4, 0.5) is 8.78 Å². The lowest BCUT2D eigenvalue weighted by atomic mass is 10.00. The van der Waals surface area contributed by atoms with Gasteiger partial charge in [0.15, 0.2) is 0 Å². The van der Waals surface area contributed by atoms with Gasteiger partial charge in [0.2, 0.25) is 0 Å². The van der Waals surface area contributed by atoms with Crippen molar-refractivity contribution in [3.63, 3.8) is 0 Å². The Kier molecular flexibility index (Phi) is 4.68. The van der Waals surface area contributed by atoms with Crippen LogP contribution < -0.4 is 9.47 Å². The topological polar surface area (TPSA) is 18.5 Å². The van der Waals surface area contributed by atoms with Gasteiger partial charge in [-0.2, -0.15) is 0 Å². The first-order chi connectivity index (χ1) is 9.99. The molecule has 0 aliphatic heterocycles. The van der Waals surface area contributed by atoms with Gasteiger partial charge in [-0.3, -0.25) is 0 Å². The maximum Gasteiger partial charge on any atom is 0.131 e. The van der Waals surface area contributed by atoms with Gasteiger partial charge in [0.05, 0.1) is 25.2 Å². The van der Waals surface area contributed by atoms with Crippen molar-refractivity contribution in [2.45, 2.75) is 12.3 Å². The van der Waals surface area contributed by atoms with Gasteiger partial charge in [0, 0.05) is 11.6 Å². The molecule has 112 valence electrons. The minimum atomic E-state index is -0.851. The first-order valence-electron chi connectivity index (χ1n) is 6.30. The van der Waals surface area contributed by atoms with Crippen molar-refractivity contribution in [2.75, 3.05) is 14.2 Å². The number of hydrogen-bond acceptors (Lipinski definition) is 2. The molecule has 1 unspecified atom stereocenters. The molecule has 0 N–H and O–H groups in total. The lowest BCUT2D eigenvalue weighted by Crippen LogP contribution is -2.04. The second-order valence-corrected chi connectivity index (χ2v) is 5.00.